The monoisotopic (exact) mass is 520 g/mol. The summed E-state index contributed by atoms with van der Waals surface area (Å²) in [6.07, 6.45) is 2.96. The van der Waals surface area contributed by atoms with Crippen LogP contribution in [0, 0.1) is 22.7 Å². The highest BCUT2D eigenvalue weighted by Gasteiger charge is 2.21. The molecule has 2 aromatic carbocycles. The molecule has 0 saturated heterocycles. The van der Waals surface area contributed by atoms with Crippen molar-refractivity contribution in [1.29, 1.82) is 10.5 Å². The fraction of sp³-hybridized carbons (Fsp3) is 0.154. The van der Waals surface area contributed by atoms with Crippen LogP contribution in [0.3, 0.4) is 0 Å². The molecule has 0 spiro atoms. The van der Waals surface area contributed by atoms with E-state index in [1.165, 1.54) is 11.8 Å². The number of nitriles is 2. The summed E-state index contributed by atoms with van der Waals surface area (Å²) in [5.41, 5.74) is 4.10. The van der Waals surface area contributed by atoms with Gasteiger partial charge in [-0.2, -0.15) is 10.5 Å². The van der Waals surface area contributed by atoms with Crippen molar-refractivity contribution in [3.05, 3.63) is 87.4 Å². The molecule has 9 heteroatoms. The van der Waals surface area contributed by atoms with Crippen molar-refractivity contribution in [2.24, 2.45) is 0 Å². The number of benzene rings is 2. The molecular formula is C26H18Cl2N4O2S. The van der Waals surface area contributed by atoms with Gasteiger partial charge in [-0.15, -0.1) is 0 Å². The van der Waals surface area contributed by atoms with Gasteiger partial charge in [0.25, 0.3) is 0 Å². The molecule has 0 radical (unpaired) electrons. The number of aryl methyl sites for hydroxylation is 1. The molecule has 4 aromatic rings. The third-order valence-electron chi connectivity index (χ3n) is 5.21. The molecule has 6 nitrogen and oxygen atoms in total. The molecule has 0 aliphatic heterocycles. The molecule has 2 aromatic heterocycles. The van der Waals surface area contributed by atoms with E-state index in [9.17, 15) is 10.5 Å². The summed E-state index contributed by atoms with van der Waals surface area (Å²) in [4.78, 5) is 8.84. The molecule has 174 valence electrons. The summed E-state index contributed by atoms with van der Waals surface area (Å²) in [6.45, 7) is 0.117. The Kier molecular flexibility index (Phi) is 8.07. The zero-order chi connectivity index (χ0) is 24.8. The second kappa shape index (κ2) is 11.4. The molecule has 35 heavy (non-hydrogen) atoms. The molecule has 0 fully saturated rings. The third-order valence-corrected chi connectivity index (χ3v) is 6.74. The first kappa shape index (κ1) is 24.8. The van der Waals surface area contributed by atoms with Gasteiger partial charge in [-0.25, -0.2) is 9.97 Å². The number of hydrogen-bond donors (Lipinski definition) is 1. The van der Waals surface area contributed by atoms with Crippen LogP contribution in [0.5, 0.6) is 0 Å². The van der Waals surface area contributed by atoms with Crippen molar-refractivity contribution in [2.45, 2.75) is 23.6 Å². The molecule has 0 saturated carbocycles. The standard InChI is InChI=1S/C26H18Cl2N4O2S/c27-19-9-7-18(8-10-19)25-31-20(14-34-25)15-35-26-22(13-30)23(21(12-29)24(28)32-26)17-5-3-16(4-6-17)2-1-11-33/h3-10,14,33H,1-2,11,15H2. The van der Waals surface area contributed by atoms with Gasteiger partial charge in [0.15, 0.2) is 0 Å². The van der Waals surface area contributed by atoms with E-state index in [4.69, 9.17) is 32.7 Å². The van der Waals surface area contributed by atoms with Gasteiger partial charge in [0.05, 0.1) is 16.8 Å². The number of rotatable bonds is 8. The Morgan fingerprint density at radius 2 is 1.60 bits per heavy atom. The number of halogens is 2. The molecule has 0 aliphatic rings. The van der Waals surface area contributed by atoms with Crippen LogP contribution in [0.15, 0.2) is 64.2 Å². The maximum atomic E-state index is 9.99. The van der Waals surface area contributed by atoms with Crippen LogP contribution in [-0.2, 0) is 12.2 Å². The average Bonchev–Trinajstić information content (AvgIpc) is 3.35. The van der Waals surface area contributed by atoms with E-state index >= 15 is 0 Å². The maximum Gasteiger partial charge on any atom is 0.226 e. The van der Waals surface area contributed by atoms with E-state index in [1.807, 2.05) is 36.4 Å². The lowest BCUT2D eigenvalue weighted by molar-refractivity contribution is 0.288. The predicted octanol–water partition coefficient (Wildman–Crippen LogP) is 6.67. The topological polar surface area (TPSA) is 107 Å². The van der Waals surface area contributed by atoms with Crippen molar-refractivity contribution in [1.82, 2.24) is 9.97 Å². The third kappa shape index (κ3) is 5.67. The van der Waals surface area contributed by atoms with Crippen LogP contribution in [0.25, 0.3) is 22.6 Å². The number of thioether (sulfide) groups is 1. The van der Waals surface area contributed by atoms with Gasteiger partial charge in [0.1, 0.15) is 28.6 Å². The Labute approximate surface area is 216 Å². The van der Waals surface area contributed by atoms with Crippen LogP contribution in [0.1, 0.15) is 28.8 Å². The van der Waals surface area contributed by atoms with Crippen LogP contribution in [0.2, 0.25) is 10.2 Å². The van der Waals surface area contributed by atoms with Gasteiger partial charge in [0.2, 0.25) is 5.89 Å². The smallest absolute Gasteiger partial charge is 0.226 e. The van der Waals surface area contributed by atoms with Crippen molar-refractivity contribution in [2.75, 3.05) is 6.61 Å². The molecule has 1 N–H and O–H groups in total. The zero-order valence-corrected chi connectivity index (χ0v) is 20.7. The summed E-state index contributed by atoms with van der Waals surface area (Å²) in [5, 5.41) is 29.8. The van der Waals surface area contributed by atoms with Gasteiger partial charge in [-0.1, -0.05) is 59.2 Å². The SMILES string of the molecule is N#Cc1c(Cl)nc(SCc2coc(-c3ccc(Cl)cc3)n2)c(C#N)c1-c1ccc(CCCO)cc1. The van der Waals surface area contributed by atoms with Gasteiger partial charge in [0, 0.05) is 28.5 Å². The summed E-state index contributed by atoms with van der Waals surface area (Å²) in [7, 11) is 0. The Balaban J connectivity index is 1.63. The summed E-state index contributed by atoms with van der Waals surface area (Å²) in [6, 6.07) is 19.0. The first-order chi connectivity index (χ1) is 17.0. The first-order valence-corrected chi connectivity index (χ1v) is 12.3. The molecule has 0 atom stereocenters. The molecule has 0 unspecified atom stereocenters. The maximum absolute atomic E-state index is 9.99. The molecule has 0 bridgehead atoms. The second-order valence-electron chi connectivity index (χ2n) is 7.52. The number of oxazole rings is 1. The number of nitrogens with zero attached hydrogens (tertiary/aromatic N) is 4. The van der Waals surface area contributed by atoms with E-state index in [0.717, 1.165) is 17.5 Å². The quantitative estimate of drug-likeness (QED) is 0.204. The first-order valence-electron chi connectivity index (χ1n) is 10.6. The Morgan fingerprint density at radius 1 is 0.914 bits per heavy atom. The minimum absolute atomic E-state index is 0.0374. The van der Waals surface area contributed by atoms with Gasteiger partial charge < -0.3 is 9.52 Å². The molecule has 2 heterocycles. The van der Waals surface area contributed by atoms with Crippen molar-refractivity contribution >= 4 is 35.0 Å². The highest BCUT2D eigenvalue weighted by atomic mass is 35.5. The average molecular weight is 521 g/mol. The highest BCUT2D eigenvalue weighted by Crippen LogP contribution is 2.37. The van der Waals surface area contributed by atoms with E-state index in [0.29, 0.717) is 44.9 Å². The Hall–Kier alpha value is -3.33. The second-order valence-corrected chi connectivity index (χ2v) is 9.28. The van der Waals surface area contributed by atoms with Crippen LogP contribution < -0.4 is 0 Å². The van der Waals surface area contributed by atoms with Crippen LogP contribution in [0.4, 0.5) is 0 Å². The minimum atomic E-state index is 0.0374. The zero-order valence-electron chi connectivity index (χ0n) is 18.3. The fourth-order valence-corrected chi connectivity index (χ4v) is 4.76. The van der Waals surface area contributed by atoms with Crippen molar-refractivity contribution < 1.29 is 9.52 Å². The van der Waals surface area contributed by atoms with Gasteiger partial charge in [-0.05, 0) is 48.2 Å². The number of aliphatic hydroxyl groups excluding tert-OH is 1. The number of pyridine rings is 1. The summed E-state index contributed by atoms with van der Waals surface area (Å²) < 4.78 is 5.59. The molecule has 0 amide bonds. The molecular weight excluding hydrogens is 503 g/mol. The lowest BCUT2D eigenvalue weighted by Gasteiger charge is -2.12. The molecule has 0 aliphatic carbocycles. The predicted molar refractivity (Wildman–Crippen MR) is 136 cm³/mol. The summed E-state index contributed by atoms with van der Waals surface area (Å²) in [5.74, 6) is 0.853. The minimum Gasteiger partial charge on any atom is -0.444 e. The van der Waals surface area contributed by atoms with E-state index in [1.54, 1.807) is 18.4 Å². The van der Waals surface area contributed by atoms with Crippen molar-refractivity contribution in [3.8, 4) is 34.7 Å². The lowest BCUT2D eigenvalue weighted by atomic mass is 9.96. The van der Waals surface area contributed by atoms with Gasteiger partial charge in [-0.3, -0.25) is 0 Å². The van der Waals surface area contributed by atoms with E-state index in [-0.39, 0.29) is 22.9 Å². The van der Waals surface area contributed by atoms with Gasteiger partial charge >= 0.3 is 0 Å². The Bertz CT molecular complexity index is 1420. The number of aromatic nitrogens is 2. The highest BCUT2D eigenvalue weighted by molar-refractivity contribution is 7.98. The number of hydrogen-bond acceptors (Lipinski definition) is 7. The fourth-order valence-electron chi connectivity index (χ4n) is 3.50. The molecule has 4 rings (SSSR count). The van der Waals surface area contributed by atoms with Crippen molar-refractivity contribution in [3.63, 3.8) is 0 Å². The number of aliphatic hydroxyl groups is 1. The van der Waals surface area contributed by atoms with E-state index < -0.39 is 0 Å². The Morgan fingerprint density at radius 3 is 2.26 bits per heavy atom. The summed E-state index contributed by atoms with van der Waals surface area (Å²) >= 11 is 13.6. The lowest BCUT2D eigenvalue weighted by Crippen LogP contribution is -1.99. The largest absolute Gasteiger partial charge is 0.444 e. The van der Waals surface area contributed by atoms with Crippen LogP contribution in [-0.4, -0.2) is 21.7 Å². The van der Waals surface area contributed by atoms with E-state index in [2.05, 4.69) is 22.1 Å². The van der Waals surface area contributed by atoms with Crippen LogP contribution >= 0.6 is 35.0 Å². The normalized spacial score (nSPS) is 10.7.